The van der Waals surface area contributed by atoms with Crippen LogP contribution in [-0.2, 0) is 12.8 Å². The Morgan fingerprint density at radius 3 is 2.30 bits per heavy atom. The van der Waals surface area contributed by atoms with Crippen LogP contribution in [0, 0.1) is 0 Å². The van der Waals surface area contributed by atoms with Crippen LogP contribution in [0.2, 0.25) is 0 Å². The molecule has 0 spiro atoms. The first-order valence-electron chi connectivity index (χ1n) is 8.43. The van der Waals surface area contributed by atoms with Gasteiger partial charge in [-0.25, -0.2) is 0 Å². The van der Waals surface area contributed by atoms with E-state index in [2.05, 4.69) is 85.1 Å². The van der Waals surface area contributed by atoms with E-state index >= 15 is 0 Å². The van der Waals surface area contributed by atoms with Crippen LogP contribution in [0.3, 0.4) is 0 Å². The van der Waals surface area contributed by atoms with Gasteiger partial charge in [0.25, 0.3) is 0 Å². The van der Waals surface area contributed by atoms with Crippen molar-refractivity contribution in [2.24, 2.45) is 0 Å². The highest BCUT2D eigenvalue weighted by Gasteiger charge is 2.14. The molecule has 0 saturated heterocycles. The van der Waals surface area contributed by atoms with Gasteiger partial charge in [0.2, 0.25) is 0 Å². The van der Waals surface area contributed by atoms with Gasteiger partial charge in [0.1, 0.15) is 0 Å². The Morgan fingerprint density at radius 2 is 1.57 bits per heavy atom. The molecular formula is C22H21N. The molecule has 4 rings (SSSR count). The number of hydrogen-bond donors (Lipinski definition) is 0. The van der Waals surface area contributed by atoms with Crippen LogP contribution in [0.1, 0.15) is 25.0 Å². The number of aryl methyl sites for hydroxylation is 2. The molecule has 4 aromatic rings. The second kappa shape index (κ2) is 5.58. The molecule has 0 aliphatic carbocycles. The van der Waals surface area contributed by atoms with Crippen molar-refractivity contribution in [3.05, 3.63) is 77.9 Å². The third-order valence-corrected chi connectivity index (χ3v) is 4.74. The van der Waals surface area contributed by atoms with Crippen LogP contribution in [0.4, 0.5) is 0 Å². The first-order valence-corrected chi connectivity index (χ1v) is 8.43. The third-order valence-electron chi connectivity index (χ3n) is 4.74. The van der Waals surface area contributed by atoms with E-state index in [9.17, 15) is 0 Å². The summed E-state index contributed by atoms with van der Waals surface area (Å²) in [5.74, 6) is 0. The summed E-state index contributed by atoms with van der Waals surface area (Å²) in [6, 6.07) is 24.3. The van der Waals surface area contributed by atoms with Crippen molar-refractivity contribution in [2.75, 3.05) is 0 Å². The fourth-order valence-electron chi connectivity index (χ4n) is 3.53. The summed E-state index contributed by atoms with van der Waals surface area (Å²) in [6.07, 6.45) is 2.11. The molecule has 1 aromatic heterocycles. The molecular weight excluding hydrogens is 278 g/mol. The molecule has 0 saturated carbocycles. The van der Waals surface area contributed by atoms with E-state index in [0.29, 0.717) is 0 Å². The van der Waals surface area contributed by atoms with Gasteiger partial charge in [0, 0.05) is 16.5 Å². The topological polar surface area (TPSA) is 4.93 Å². The number of fused-ring (bicyclic) bond motifs is 3. The summed E-state index contributed by atoms with van der Waals surface area (Å²) < 4.78 is 2.43. The number of hydrogen-bond acceptors (Lipinski definition) is 0. The summed E-state index contributed by atoms with van der Waals surface area (Å²) in [5.41, 5.74) is 6.69. The standard InChI is InChI=1S/C22H21N/c1-3-16-13-14-19-20-12-8-9-17(4-2)22(20)23(21(19)15-16)18-10-6-5-7-11-18/h5-15H,3-4H2,1-2H3. The second-order valence-electron chi connectivity index (χ2n) is 6.04. The van der Waals surface area contributed by atoms with Crippen molar-refractivity contribution in [3.63, 3.8) is 0 Å². The molecule has 1 heterocycles. The Bertz CT molecular complexity index is 977. The van der Waals surface area contributed by atoms with Gasteiger partial charge in [-0.2, -0.15) is 0 Å². The minimum absolute atomic E-state index is 1.04. The molecule has 1 nitrogen and oxygen atoms in total. The largest absolute Gasteiger partial charge is 0.309 e. The lowest BCUT2D eigenvalue weighted by molar-refractivity contribution is 1.10. The molecule has 0 radical (unpaired) electrons. The van der Waals surface area contributed by atoms with Gasteiger partial charge in [-0.05, 0) is 42.2 Å². The zero-order chi connectivity index (χ0) is 15.8. The summed E-state index contributed by atoms with van der Waals surface area (Å²) in [6.45, 7) is 4.45. The molecule has 0 bridgehead atoms. The second-order valence-corrected chi connectivity index (χ2v) is 6.04. The molecule has 23 heavy (non-hydrogen) atoms. The normalized spacial score (nSPS) is 11.4. The van der Waals surface area contributed by atoms with E-state index in [-0.39, 0.29) is 0 Å². The van der Waals surface area contributed by atoms with E-state index < -0.39 is 0 Å². The van der Waals surface area contributed by atoms with Crippen LogP contribution in [-0.4, -0.2) is 4.57 Å². The Morgan fingerprint density at radius 1 is 0.739 bits per heavy atom. The Labute approximate surface area is 137 Å². The average molecular weight is 299 g/mol. The highest BCUT2D eigenvalue weighted by Crippen LogP contribution is 2.34. The van der Waals surface area contributed by atoms with Crippen LogP contribution < -0.4 is 0 Å². The lowest BCUT2D eigenvalue weighted by atomic mass is 10.1. The molecule has 0 amide bonds. The molecule has 1 heteroatoms. The first-order chi connectivity index (χ1) is 11.3. The van der Waals surface area contributed by atoms with Gasteiger partial charge in [-0.3, -0.25) is 0 Å². The molecule has 0 unspecified atom stereocenters. The van der Waals surface area contributed by atoms with Crippen molar-refractivity contribution in [3.8, 4) is 5.69 Å². The maximum atomic E-state index is 2.43. The summed E-state index contributed by atoms with van der Waals surface area (Å²) in [4.78, 5) is 0. The van der Waals surface area contributed by atoms with Crippen LogP contribution in [0.25, 0.3) is 27.5 Å². The average Bonchev–Trinajstić information content (AvgIpc) is 2.96. The lowest BCUT2D eigenvalue weighted by Crippen LogP contribution is -1.96. The molecule has 114 valence electrons. The number of rotatable bonds is 3. The Kier molecular flexibility index (Phi) is 3.42. The highest BCUT2D eigenvalue weighted by molar-refractivity contribution is 6.10. The van der Waals surface area contributed by atoms with Crippen molar-refractivity contribution in [1.29, 1.82) is 0 Å². The Balaban J connectivity index is 2.22. The Hall–Kier alpha value is -2.54. The summed E-state index contributed by atoms with van der Waals surface area (Å²) >= 11 is 0. The van der Waals surface area contributed by atoms with Gasteiger partial charge in [-0.15, -0.1) is 0 Å². The molecule has 0 N–H and O–H groups in total. The van der Waals surface area contributed by atoms with Gasteiger partial charge >= 0.3 is 0 Å². The zero-order valence-electron chi connectivity index (χ0n) is 13.7. The molecule has 0 fully saturated rings. The first kappa shape index (κ1) is 14.1. The van der Waals surface area contributed by atoms with Crippen LogP contribution in [0.5, 0.6) is 0 Å². The maximum absolute atomic E-state index is 2.43. The highest BCUT2D eigenvalue weighted by atomic mass is 15.0. The fraction of sp³-hybridized carbons (Fsp3) is 0.182. The van der Waals surface area contributed by atoms with Crippen molar-refractivity contribution >= 4 is 21.8 Å². The number of nitrogens with zero attached hydrogens (tertiary/aromatic N) is 1. The number of benzene rings is 3. The van der Waals surface area contributed by atoms with E-state index in [1.165, 1.54) is 38.6 Å². The van der Waals surface area contributed by atoms with E-state index in [1.807, 2.05) is 0 Å². The van der Waals surface area contributed by atoms with Crippen LogP contribution in [0.15, 0.2) is 66.7 Å². The fourth-order valence-corrected chi connectivity index (χ4v) is 3.53. The van der Waals surface area contributed by atoms with Gasteiger partial charge < -0.3 is 4.57 Å². The quantitative estimate of drug-likeness (QED) is 0.443. The molecule has 3 aromatic carbocycles. The minimum atomic E-state index is 1.04. The third kappa shape index (κ3) is 2.16. The monoisotopic (exact) mass is 299 g/mol. The number of aromatic nitrogens is 1. The van der Waals surface area contributed by atoms with E-state index in [0.717, 1.165) is 12.8 Å². The molecule has 0 aliphatic rings. The van der Waals surface area contributed by atoms with Crippen molar-refractivity contribution in [1.82, 2.24) is 4.57 Å². The van der Waals surface area contributed by atoms with Crippen molar-refractivity contribution in [2.45, 2.75) is 26.7 Å². The zero-order valence-corrected chi connectivity index (χ0v) is 13.7. The smallest absolute Gasteiger partial charge is 0.0572 e. The predicted octanol–water partition coefficient (Wildman–Crippen LogP) is 5.91. The summed E-state index contributed by atoms with van der Waals surface area (Å²) in [7, 11) is 0. The lowest BCUT2D eigenvalue weighted by Gasteiger charge is -2.10. The summed E-state index contributed by atoms with van der Waals surface area (Å²) in [5, 5.41) is 2.70. The van der Waals surface area contributed by atoms with Gasteiger partial charge in [0.15, 0.2) is 0 Å². The number of para-hydroxylation sites is 2. The molecule has 0 aliphatic heterocycles. The molecule has 0 atom stereocenters. The SMILES string of the molecule is CCc1ccc2c3cccc(CC)c3n(-c3ccccc3)c2c1. The van der Waals surface area contributed by atoms with Gasteiger partial charge in [-0.1, -0.05) is 62.4 Å². The predicted molar refractivity (Wildman–Crippen MR) is 99.5 cm³/mol. The van der Waals surface area contributed by atoms with Crippen LogP contribution >= 0.6 is 0 Å². The van der Waals surface area contributed by atoms with E-state index in [4.69, 9.17) is 0 Å². The van der Waals surface area contributed by atoms with E-state index in [1.54, 1.807) is 0 Å². The van der Waals surface area contributed by atoms with Gasteiger partial charge in [0.05, 0.1) is 11.0 Å². The van der Waals surface area contributed by atoms with Crippen molar-refractivity contribution < 1.29 is 0 Å². The minimum Gasteiger partial charge on any atom is -0.309 e. The maximum Gasteiger partial charge on any atom is 0.0572 e.